The van der Waals surface area contributed by atoms with E-state index in [9.17, 15) is 4.21 Å². The maximum atomic E-state index is 10.8. The van der Waals surface area contributed by atoms with Crippen LogP contribution >= 0.6 is 11.6 Å². The third kappa shape index (κ3) is 2.88. The van der Waals surface area contributed by atoms with Gasteiger partial charge in [-0.2, -0.15) is 0 Å². The molecule has 0 spiro atoms. The van der Waals surface area contributed by atoms with Gasteiger partial charge in [0.05, 0.1) is 19.0 Å². The van der Waals surface area contributed by atoms with Crippen molar-refractivity contribution in [2.75, 3.05) is 7.11 Å². The third-order valence-corrected chi connectivity index (χ3v) is 3.70. The van der Waals surface area contributed by atoms with Gasteiger partial charge in [-0.25, -0.2) is 13.9 Å². The average molecular weight is 299 g/mol. The highest BCUT2D eigenvalue weighted by Gasteiger charge is 2.14. The molecule has 0 fully saturated rings. The molecule has 2 aromatic rings. The van der Waals surface area contributed by atoms with Crippen LogP contribution in [0.15, 0.2) is 24.4 Å². The molecule has 0 bridgehead atoms. The SMILES string of the molecule is CC[C@@H](N[SH]=O)c1ccc(OC)c2cnc(Cl)cc12. The topological polar surface area (TPSA) is 51.2 Å². The largest absolute Gasteiger partial charge is 0.496 e. The van der Waals surface area contributed by atoms with Gasteiger partial charge in [-0.1, -0.05) is 24.6 Å². The molecule has 19 heavy (non-hydrogen) atoms. The standard InChI is InChI=1S/C13H15ClN2O2S/c1-3-11(16-19-17)8-4-5-12(18-2)10-7-15-13(14)6-9(8)10/h4-7,11,19H,3H2,1-2H3,(H,16,17)/t11-/m1/s1. The van der Waals surface area contributed by atoms with Gasteiger partial charge >= 0.3 is 0 Å². The molecule has 0 amide bonds. The second-order valence-corrected chi connectivity index (χ2v) is 4.92. The molecular formula is C13H15ClN2O2S. The van der Waals surface area contributed by atoms with Crippen molar-refractivity contribution in [3.8, 4) is 5.75 Å². The van der Waals surface area contributed by atoms with Crippen molar-refractivity contribution in [1.82, 2.24) is 9.71 Å². The summed E-state index contributed by atoms with van der Waals surface area (Å²) >= 11 is 5.89. The van der Waals surface area contributed by atoms with E-state index in [1.165, 1.54) is 0 Å². The smallest absolute Gasteiger partial charge is 0.129 e. The van der Waals surface area contributed by atoms with E-state index >= 15 is 0 Å². The summed E-state index contributed by atoms with van der Waals surface area (Å²) in [5.41, 5.74) is 1.03. The predicted molar refractivity (Wildman–Crippen MR) is 79.0 cm³/mol. The first-order valence-electron chi connectivity index (χ1n) is 5.91. The number of nitrogens with one attached hydrogen (secondary N) is 1. The fraction of sp³-hybridized carbons (Fsp3) is 0.308. The molecule has 0 radical (unpaired) electrons. The Kier molecular flexibility index (Phi) is 4.74. The van der Waals surface area contributed by atoms with Crippen LogP contribution in [0.4, 0.5) is 0 Å². The summed E-state index contributed by atoms with van der Waals surface area (Å²) in [6.07, 6.45) is 2.51. The first-order valence-corrected chi connectivity index (χ1v) is 7.10. The van der Waals surface area contributed by atoms with Gasteiger partial charge in [-0.05, 0) is 29.5 Å². The summed E-state index contributed by atoms with van der Waals surface area (Å²) in [7, 11) is 1.62. The lowest BCUT2D eigenvalue weighted by molar-refractivity contribution is 0.419. The normalized spacial score (nSPS) is 12.6. The highest BCUT2D eigenvalue weighted by atomic mass is 35.5. The van der Waals surface area contributed by atoms with Gasteiger partial charge in [0.25, 0.3) is 0 Å². The number of ether oxygens (including phenoxy) is 1. The first kappa shape index (κ1) is 14.2. The number of halogens is 1. The number of hydrogen-bond donors (Lipinski definition) is 2. The summed E-state index contributed by atoms with van der Waals surface area (Å²) in [6.45, 7) is 2.03. The van der Waals surface area contributed by atoms with Gasteiger partial charge in [0, 0.05) is 17.6 Å². The van der Waals surface area contributed by atoms with Crippen molar-refractivity contribution in [3.63, 3.8) is 0 Å². The maximum Gasteiger partial charge on any atom is 0.129 e. The van der Waals surface area contributed by atoms with Crippen LogP contribution in [0.2, 0.25) is 5.15 Å². The van der Waals surface area contributed by atoms with Crippen LogP contribution in [0.1, 0.15) is 24.9 Å². The number of rotatable bonds is 5. The Morgan fingerprint density at radius 1 is 1.47 bits per heavy atom. The number of methoxy groups -OCH3 is 1. The Balaban J connectivity index is 2.67. The highest BCUT2D eigenvalue weighted by molar-refractivity contribution is 7.63. The van der Waals surface area contributed by atoms with Crippen molar-refractivity contribution in [2.24, 2.45) is 0 Å². The van der Waals surface area contributed by atoms with Crippen LogP contribution < -0.4 is 9.46 Å². The Labute approximate surface area is 120 Å². The minimum atomic E-state index is -0.0858. The summed E-state index contributed by atoms with van der Waals surface area (Å²) < 4.78 is 19.0. The summed E-state index contributed by atoms with van der Waals surface area (Å²) in [4.78, 5) is 4.09. The lowest BCUT2D eigenvalue weighted by atomic mass is 9.98. The lowest BCUT2D eigenvalue weighted by Gasteiger charge is -2.17. The summed E-state index contributed by atoms with van der Waals surface area (Å²) in [5.74, 6) is 0.748. The van der Waals surface area contributed by atoms with Crippen molar-refractivity contribution in [2.45, 2.75) is 19.4 Å². The number of thiol groups is 1. The number of hydrogen-bond acceptors (Lipinski definition) is 3. The van der Waals surface area contributed by atoms with Crippen LogP contribution in [0.25, 0.3) is 10.8 Å². The summed E-state index contributed by atoms with van der Waals surface area (Å²) in [5, 5.41) is 2.28. The fourth-order valence-electron chi connectivity index (χ4n) is 2.14. The second-order valence-electron chi connectivity index (χ2n) is 4.09. The number of pyridine rings is 1. The lowest BCUT2D eigenvalue weighted by Crippen LogP contribution is -2.16. The molecule has 1 heterocycles. The molecule has 0 saturated heterocycles. The van der Waals surface area contributed by atoms with Crippen LogP contribution in [0.5, 0.6) is 5.75 Å². The van der Waals surface area contributed by atoms with Gasteiger partial charge in [0.15, 0.2) is 0 Å². The molecule has 0 aliphatic rings. The molecule has 0 unspecified atom stereocenters. The van der Waals surface area contributed by atoms with E-state index in [2.05, 4.69) is 9.71 Å². The molecule has 6 heteroatoms. The van der Waals surface area contributed by atoms with Gasteiger partial charge in [-0.3, -0.25) is 0 Å². The van der Waals surface area contributed by atoms with E-state index in [-0.39, 0.29) is 17.9 Å². The molecule has 1 N–H and O–H groups in total. The molecular weight excluding hydrogens is 284 g/mol. The zero-order chi connectivity index (χ0) is 13.8. The first-order chi connectivity index (χ1) is 9.21. The number of fused-ring (bicyclic) bond motifs is 1. The zero-order valence-electron chi connectivity index (χ0n) is 10.7. The Bertz CT molecular complexity index is 606. The zero-order valence-corrected chi connectivity index (χ0v) is 12.3. The molecule has 1 aromatic carbocycles. The summed E-state index contributed by atoms with van der Waals surface area (Å²) in [6, 6.07) is 5.65. The van der Waals surface area contributed by atoms with E-state index < -0.39 is 0 Å². The van der Waals surface area contributed by atoms with Crippen molar-refractivity contribution in [3.05, 3.63) is 35.1 Å². The molecule has 1 aromatic heterocycles. The minimum absolute atomic E-state index is 0.00830. The molecule has 1 atom stereocenters. The van der Waals surface area contributed by atoms with E-state index in [0.29, 0.717) is 5.15 Å². The van der Waals surface area contributed by atoms with E-state index in [4.69, 9.17) is 16.3 Å². The van der Waals surface area contributed by atoms with Crippen LogP contribution in [0, 0.1) is 0 Å². The molecule has 102 valence electrons. The second kappa shape index (κ2) is 6.32. The van der Waals surface area contributed by atoms with E-state index in [1.54, 1.807) is 19.4 Å². The predicted octanol–water partition coefficient (Wildman–Crippen LogP) is 2.80. The Hall–Kier alpha value is -1.17. The van der Waals surface area contributed by atoms with Crippen molar-refractivity contribution < 1.29 is 8.95 Å². The highest BCUT2D eigenvalue weighted by Crippen LogP contribution is 2.33. The van der Waals surface area contributed by atoms with Crippen LogP contribution in [-0.4, -0.2) is 16.3 Å². The number of benzene rings is 1. The Morgan fingerprint density at radius 2 is 2.26 bits per heavy atom. The Morgan fingerprint density at radius 3 is 2.89 bits per heavy atom. The van der Waals surface area contributed by atoms with Gasteiger partial charge in [0.1, 0.15) is 10.9 Å². The molecule has 2 rings (SSSR count). The van der Waals surface area contributed by atoms with E-state index in [1.807, 2.05) is 19.1 Å². The van der Waals surface area contributed by atoms with Gasteiger partial charge in [-0.15, -0.1) is 0 Å². The molecule has 0 aliphatic carbocycles. The number of nitrogens with zero attached hydrogens (tertiary/aromatic N) is 1. The number of aromatic nitrogens is 1. The third-order valence-electron chi connectivity index (χ3n) is 3.07. The van der Waals surface area contributed by atoms with Crippen molar-refractivity contribution >= 4 is 34.2 Å². The monoisotopic (exact) mass is 298 g/mol. The molecule has 4 nitrogen and oxygen atoms in total. The minimum Gasteiger partial charge on any atom is -0.496 e. The van der Waals surface area contributed by atoms with Gasteiger partial charge < -0.3 is 4.74 Å². The van der Waals surface area contributed by atoms with E-state index in [0.717, 1.165) is 28.5 Å². The van der Waals surface area contributed by atoms with Gasteiger partial charge in [0.2, 0.25) is 0 Å². The van der Waals surface area contributed by atoms with Crippen LogP contribution in [-0.2, 0) is 11.9 Å². The average Bonchev–Trinajstić information content (AvgIpc) is 2.43. The maximum absolute atomic E-state index is 10.8. The quantitative estimate of drug-likeness (QED) is 0.659. The molecule has 0 saturated carbocycles. The van der Waals surface area contributed by atoms with Crippen LogP contribution in [0.3, 0.4) is 0 Å². The fourth-order valence-corrected chi connectivity index (χ4v) is 2.74. The van der Waals surface area contributed by atoms with Crippen molar-refractivity contribution in [1.29, 1.82) is 0 Å². The molecule has 0 aliphatic heterocycles.